The first-order valence-corrected chi connectivity index (χ1v) is 8.07. The number of hydrogen-bond donors (Lipinski definition) is 1. The van der Waals surface area contributed by atoms with Crippen LogP contribution < -0.4 is 10.1 Å². The van der Waals surface area contributed by atoms with Gasteiger partial charge in [0.15, 0.2) is 11.6 Å². The minimum atomic E-state index is -0.414. The highest BCUT2D eigenvalue weighted by atomic mass is 32.1. The molecular weight excluding hydrogens is 303 g/mol. The molecule has 1 heterocycles. The van der Waals surface area contributed by atoms with Crippen LogP contribution >= 0.6 is 11.3 Å². The third-order valence-electron chi connectivity index (χ3n) is 2.94. The van der Waals surface area contributed by atoms with Gasteiger partial charge in [-0.1, -0.05) is 6.07 Å². The summed E-state index contributed by atoms with van der Waals surface area (Å²) in [6.45, 7) is 3.99. The number of carbonyl (C=O) groups excluding carboxylic acids is 1. The van der Waals surface area contributed by atoms with E-state index < -0.39 is 5.82 Å². The SMILES string of the molecule is CC(C)Oc1ccc(CNC(=O)CCc2cscn2)cc1F. The molecule has 0 saturated carbocycles. The van der Waals surface area contributed by atoms with Gasteiger partial charge in [-0.25, -0.2) is 9.37 Å². The zero-order valence-electron chi connectivity index (χ0n) is 12.6. The predicted molar refractivity (Wildman–Crippen MR) is 84.4 cm³/mol. The average molecular weight is 322 g/mol. The molecule has 0 fully saturated rings. The third-order valence-corrected chi connectivity index (χ3v) is 3.58. The lowest BCUT2D eigenvalue weighted by Crippen LogP contribution is -2.23. The number of aryl methyl sites for hydroxylation is 1. The maximum atomic E-state index is 13.8. The first kappa shape index (κ1) is 16.4. The summed E-state index contributed by atoms with van der Waals surface area (Å²) >= 11 is 1.51. The number of nitrogens with one attached hydrogen (secondary N) is 1. The van der Waals surface area contributed by atoms with Gasteiger partial charge < -0.3 is 10.1 Å². The van der Waals surface area contributed by atoms with E-state index in [1.54, 1.807) is 17.6 Å². The van der Waals surface area contributed by atoms with Crippen LogP contribution in [0.15, 0.2) is 29.1 Å². The number of thiazole rings is 1. The molecule has 118 valence electrons. The van der Waals surface area contributed by atoms with Crippen molar-refractivity contribution in [3.63, 3.8) is 0 Å². The van der Waals surface area contributed by atoms with Gasteiger partial charge in [0.25, 0.3) is 0 Å². The van der Waals surface area contributed by atoms with Crippen LogP contribution in [0.1, 0.15) is 31.5 Å². The van der Waals surface area contributed by atoms with E-state index in [-0.39, 0.29) is 17.8 Å². The molecular formula is C16H19FN2O2S. The highest BCUT2D eigenvalue weighted by Crippen LogP contribution is 2.19. The molecule has 1 aromatic heterocycles. The van der Waals surface area contributed by atoms with Crippen molar-refractivity contribution in [1.82, 2.24) is 10.3 Å². The van der Waals surface area contributed by atoms with Crippen molar-refractivity contribution in [3.05, 3.63) is 46.2 Å². The Kier molecular flexibility index (Phi) is 5.89. The number of halogens is 1. The van der Waals surface area contributed by atoms with Gasteiger partial charge in [0.1, 0.15) is 0 Å². The summed E-state index contributed by atoms with van der Waals surface area (Å²) in [6.07, 6.45) is 0.914. The van der Waals surface area contributed by atoms with Crippen LogP contribution in [0.25, 0.3) is 0 Å². The molecule has 0 aliphatic rings. The second-order valence-electron chi connectivity index (χ2n) is 5.19. The smallest absolute Gasteiger partial charge is 0.220 e. The van der Waals surface area contributed by atoms with Gasteiger partial charge in [0.05, 0.1) is 17.3 Å². The number of nitrogens with zero attached hydrogens (tertiary/aromatic N) is 1. The molecule has 0 aliphatic heterocycles. The zero-order chi connectivity index (χ0) is 15.9. The van der Waals surface area contributed by atoms with Crippen molar-refractivity contribution < 1.29 is 13.9 Å². The number of carbonyl (C=O) groups is 1. The Morgan fingerprint density at radius 1 is 1.45 bits per heavy atom. The van der Waals surface area contributed by atoms with Crippen molar-refractivity contribution in [2.24, 2.45) is 0 Å². The van der Waals surface area contributed by atoms with E-state index in [4.69, 9.17) is 4.74 Å². The van der Waals surface area contributed by atoms with Crippen LogP contribution in [0.4, 0.5) is 4.39 Å². The molecule has 1 aromatic carbocycles. The Labute approximate surface area is 133 Å². The monoisotopic (exact) mass is 322 g/mol. The first-order chi connectivity index (χ1) is 10.5. The molecule has 1 N–H and O–H groups in total. The van der Waals surface area contributed by atoms with E-state index in [1.807, 2.05) is 19.2 Å². The molecule has 2 rings (SSSR count). The van der Waals surface area contributed by atoms with Crippen LogP contribution in [-0.4, -0.2) is 17.0 Å². The van der Waals surface area contributed by atoms with E-state index >= 15 is 0 Å². The van der Waals surface area contributed by atoms with Gasteiger partial charge in [-0.3, -0.25) is 4.79 Å². The standard InChI is InChI=1S/C16H19FN2O2S/c1-11(2)21-15-5-3-12(7-14(15)17)8-18-16(20)6-4-13-9-22-10-19-13/h3,5,7,9-11H,4,6,8H2,1-2H3,(H,18,20). The second kappa shape index (κ2) is 7.89. The van der Waals surface area contributed by atoms with Crippen molar-refractivity contribution in [2.45, 2.75) is 39.3 Å². The number of rotatable bonds is 7. The highest BCUT2D eigenvalue weighted by molar-refractivity contribution is 7.07. The van der Waals surface area contributed by atoms with Gasteiger partial charge in [-0.15, -0.1) is 11.3 Å². The van der Waals surface area contributed by atoms with Crippen LogP contribution in [0.2, 0.25) is 0 Å². The maximum absolute atomic E-state index is 13.8. The van der Waals surface area contributed by atoms with Crippen LogP contribution in [0.3, 0.4) is 0 Å². The molecule has 6 heteroatoms. The average Bonchev–Trinajstić information content (AvgIpc) is 2.98. The molecule has 0 radical (unpaired) electrons. The molecule has 0 atom stereocenters. The van der Waals surface area contributed by atoms with Crippen LogP contribution in [0.5, 0.6) is 5.75 Å². The summed E-state index contributed by atoms with van der Waals surface area (Å²) in [7, 11) is 0. The summed E-state index contributed by atoms with van der Waals surface area (Å²) < 4.78 is 19.2. The lowest BCUT2D eigenvalue weighted by atomic mass is 10.2. The number of aromatic nitrogens is 1. The van der Waals surface area contributed by atoms with Crippen molar-refractivity contribution >= 4 is 17.2 Å². The quantitative estimate of drug-likeness (QED) is 0.851. The van der Waals surface area contributed by atoms with Gasteiger partial charge in [-0.2, -0.15) is 0 Å². The van der Waals surface area contributed by atoms with Gasteiger partial charge >= 0.3 is 0 Å². The largest absolute Gasteiger partial charge is 0.488 e. The second-order valence-corrected chi connectivity index (χ2v) is 5.91. The fourth-order valence-electron chi connectivity index (χ4n) is 1.90. The Morgan fingerprint density at radius 3 is 2.91 bits per heavy atom. The summed E-state index contributed by atoms with van der Waals surface area (Å²) in [5.74, 6) is -0.257. The Bertz CT molecular complexity index is 615. The first-order valence-electron chi connectivity index (χ1n) is 7.13. The fraction of sp³-hybridized carbons (Fsp3) is 0.375. The van der Waals surface area contributed by atoms with E-state index in [9.17, 15) is 9.18 Å². The van der Waals surface area contributed by atoms with E-state index in [2.05, 4.69) is 10.3 Å². The topological polar surface area (TPSA) is 51.2 Å². The molecule has 0 saturated heterocycles. The predicted octanol–water partition coefficient (Wildman–Crippen LogP) is 3.32. The molecule has 0 bridgehead atoms. The number of hydrogen-bond acceptors (Lipinski definition) is 4. The summed E-state index contributed by atoms with van der Waals surface area (Å²) in [5.41, 5.74) is 3.37. The summed E-state index contributed by atoms with van der Waals surface area (Å²) in [5, 5.41) is 4.70. The van der Waals surface area contributed by atoms with E-state index in [0.29, 0.717) is 24.9 Å². The van der Waals surface area contributed by atoms with E-state index in [1.165, 1.54) is 17.4 Å². The van der Waals surface area contributed by atoms with Gasteiger partial charge in [0, 0.05) is 18.3 Å². The molecule has 1 amide bonds. The molecule has 4 nitrogen and oxygen atoms in total. The third kappa shape index (κ3) is 5.11. The molecule has 0 unspecified atom stereocenters. The molecule has 0 aliphatic carbocycles. The minimum absolute atomic E-state index is 0.0732. The number of amides is 1. The lowest BCUT2D eigenvalue weighted by Gasteiger charge is -2.11. The number of ether oxygens (including phenoxy) is 1. The zero-order valence-corrected chi connectivity index (χ0v) is 13.5. The molecule has 22 heavy (non-hydrogen) atoms. The summed E-state index contributed by atoms with van der Waals surface area (Å²) in [6, 6.07) is 4.73. The normalized spacial score (nSPS) is 10.7. The van der Waals surface area contributed by atoms with Crippen LogP contribution in [-0.2, 0) is 17.8 Å². The molecule has 0 spiro atoms. The minimum Gasteiger partial charge on any atom is -0.488 e. The Balaban J connectivity index is 1.81. The Morgan fingerprint density at radius 2 is 2.27 bits per heavy atom. The fourth-order valence-corrected chi connectivity index (χ4v) is 2.49. The highest BCUT2D eigenvalue weighted by Gasteiger charge is 2.08. The maximum Gasteiger partial charge on any atom is 0.220 e. The van der Waals surface area contributed by atoms with Gasteiger partial charge in [-0.05, 0) is 38.0 Å². The van der Waals surface area contributed by atoms with E-state index in [0.717, 1.165) is 5.69 Å². The lowest BCUT2D eigenvalue weighted by molar-refractivity contribution is -0.121. The van der Waals surface area contributed by atoms with Crippen LogP contribution in [0, 0.1) is 5.82 Å². The van der Waals surface area contributed by atoms with Gasteiger partial charge in [0.2, 0.25) is 5.91 Å². The summed E-state index contributed by atoms with van der Waals surface area (Å²) in [4.78, 5) is 15.9. The van der Waals surface area contributed by atoms with Crippen molar-refractivity contribution in [2.75, 3.05) is 0 Å². The van der Waals surface area contributed by atoms with Crippen molar-refractivity contribution in [3.8, 4) is 5.75 Å². The van der Waals surface area contributed by atoms with Crippen molar-refractivity contribution in [1.29, 1.82) is 0 Å². The number of benzene rings is 1. The Hall–Kier alpha value is -1.95. The molecule has 2 aromatic rings.